The van der Waals surface area contributed by atoms with E-state index in [9.17, 15) is 9.90 Å². The van der Waals surface area contributed by atoms with Gasteiger partial charge in [-0.3, -0.25) is 0 Å². The molecule has 2 rings (SSSR count). The Morgan fingerprint density at radius 3 is 2.57 bits per heavy atom. The van der Waals surface area contributed by atoms with E-state index in [2.05, 4.69) is 10.6 Å². The number of amides is 2. The van der Waals surface area contributed by atoms with E-state index in [1.54, 1.807) is 12.1 Å². The molecule has 0 aliphatic rings. The normalized spacial score (nSPS) is 11.9. The van der Waals surface area contributed by atoms with Crippen molar-refractivity contribution in [3.63, 3.8) is 0 Å². The number of furan rings is 1. The quantitative estimate of drug-likeness (QED) is 0.731. The molecule has 3 N–H and O–H groups in total. The largest absolute Gasteiger partial charge is 0.467 e. The number of aliphatic hydroxyl groups is 1. The van der Waals surface area contributed by atoms with Crippen molar-refractivity contribution in [2.45, 2.75) is 18.9 Å². The molecule has 5 heteroatoms. The van der Waals surface area contributed by atoms with Crippen LogP contribution in [0.15, 0.2) is 53.1 Å². The zero-order valence-corrected chi connectivity index (χ0v) is 11.8. The minimum Gasteiger partial charge on any atom is -0.467 e. The van der Waals surface area contributed by atoms with Crippen molar-refractivity contribution in [1.29, 1.82) is 0 Å². The lowest BCUT2D eigenvalue weighted by Crippen LogP contribution is -2.37. The second kappa shape index (κ2) is 8.11. The molecule has 2 amide bonds. The number of hydrogen-bond acceptors (Lipinski definition) is 3. The van der Waals surface area contributed by atoms with Crippen molar-refractivity contribution in [2.24, 2.45) is 0 Å². The lowest BCUT2D eigenvalue weighted by molar-refractivity contribution is 0.140. The lowest BCUT2D eigenvalue weighted by Gasteiger charge is -2.10. The first kappa shape index (κ1) is 15.1. The molecule has 5 nitrogen and oxygen atoms in total. The minimum atomic E-state index is -0.690. The maximum Gasteiger partial charge on any atom is 0.314 e. The summed E-state index contributed by atoms with van der Waals surface area (Å²) in [5.74, 6) is 0.515. The highest BCUT2D eigenvalue weighted by atomic mass is 16.4. The molecule has 0 aliphatic heterocycles. The summed E-state index contributed by atoms with van der Waals surface area (Å²) in [4.78, 5) is 11.6. The predicted molar refractivity (Wildman–Crippen MR) is 79.8 cm³/mol. The van der Waals surface area contributed by atoms with Crippen LogP contribution in [-0.2, 0) is 6.42 Å². The van der Waals surface area contributed by atoms with Gasteiger partial charge >= 0.3 is 6.03 Å². The van der Waals surface area contributed by atoms with Gasteiger partial charge < -0.3 is 20.2 Å². The monoisotopic (exact) mass is 288 g/mol. The molecular formula is C16H20N2O3. The minimum absolute atomic E-state index is 0.224. The van der Waals surface area contributed by atoms with Gasteiger partial charge in [-0.2, -0.15) is 0 Å². The molecule has 0 radical (unpaired) electrons. The average Bonchev–Trinajstić information content (AvgIpc) is 3.02. The molecule has 0 saturated heterocycles. The summed E-state index contributed by atoms with van der Waals surface area (Å²) in [6, 6.07) is 13.2. The molecule has 2 aromatic rings. The summed E-state index contributed by atoms with van der Waals surface area (Å²) in [6.07, 6.45) is 2.04. The molecule has 21 heavy (non-hydrogen) atoms. The van der Waals surface area contributed by atoms with Crippen LogP contribution in [0.5, 0.6) is 0 Å². The summed E-state index contributed by atoms with van der Waals surface area (Å²) >= 11 is 0. The highest BCUT2D eigenvalue weighted by Crippen LogP contribution is 2.15. The van der Waals surface area contributed by atoms with Crippen LogP contribution in [0.3, 0.4) is 0 Å². The topological polar surface area (TPSA) is 74.5 Å². The highest BCUT2D eigenvalue weighted by Gasteiger charge is 2.10. The maximum absolute atomic E-state index is 11.6. The first-order chi connectivity index (χ1) is 10.3. The van der Waals surface area contributed by atoms with Gasteiger partial charge in [-0.25, -0.2) is 4.79 Å². The molecule has 0 unspecified atom stereocenters. The second-order valence-corrected chi connectivity index (χ2v) is 4.74. The van der Waals surface area contributed by atoms with E-state index in [0.717, 1.165) is 6.42 Å². The Bertz CT molecular complexity index is 526. The number of urea groups is 1. The fourth-order valence-corrected chi connectivity index (χ4v) is 1.97. The van der Waals surface area contributed by atoms with Crippen molar-refractivity contribution in [2.75, 3.05) is 13.1 Å². The van der Waals surface area contributed by atoms with Crippen molar-refractivity contribution < 1.29 is 14.3 Å². The van der Waals surface area contributed by atoms with Crippen LogP contribution in [0.1, 0.15) is 23.8 Å². The number of hydrogen-bond donors (Lipinski definition) is 3. The van der Waals surface area contributed by atoms with E-state index < -0.39 is 6.10 Å². The Hall–Kier alpha value is -2.27. The van der Waals surface area contributed by atoms with Gasteiger partial charge in [0.05, 0.1) is 6.26 Å². The summed E-state index contributed by atoms with van der Waals surface area (Å²) in [5, 5.41) is 15.3. The number of carbonyl (C=O) groups is 1. The maximum atomic E-state index is 11.6. The first-order valence-electron chi connectivity index (χ1n) is 7.03. The second-order valence-electron chi connectivity index (χ2n) is 4.74. The van der Waals surface area contributed by atoms with Gasteiger partial charge in [-0.1, -0.05) is 30.3 Å². The standard InChI is InChI=1S/C16H20N2O3/c19-14(15-7-4-12-21-15)9-11-18-16(20)17-10-8-13-5-2-1-3-6-13/h1-7,12,14,19H,8-11H2,(H2,17,18,20)/t14-/m1/s1. The van der Waals surface area contributed by atoms with E-state index in [-0.39, 0.29) is 6.03 Å². The average molecular weight is 288 g/mol. The van der Waals surface area contributed by atoms with Gasteiger partial charge in [0.1, 0.15) is 11.9 Å². The van der Waals surface area contributed by atoms with Crippen LogP contribution < -0.4 is 10.6 Å². The van der Waals surface area contributed by atoms with Gasteiger partial charge in [0.2, 0.25) is 0 Å². The van der Waals surface area contributed by atoms with Gasteiger partial charge in [0.25, 0.3) is 0 Å². The summed E-state index contributed by atoms with van der Waals surface area (Å²) in [6.45, 7) is 0.968. The van der Waals surface area contributed by atoms with Crippen molar-refractivity contribution in [3.05, 3.63) is 60.1 Å². The molecule has 1 heterocycles. The molecule has 0 aliphatic carbocycles. The number of carbonyl (C=O) groups excluding carboxylic acids is 1. The van der Waals surface area contributed by atoms with E-state index in [0.29, 0.717) is 25.3 Å². The SMILES string of the molecule is O=C(NCCc1ccccc1)NCC[C@@H](O)c1ccco1. The summed E-state index contributed by atoms with van der Waals surface area (Å²) in [7, 11) is 0. The number of nitrogens with one attached hydrogen (secondary N) is 2. The zero-order valence-electron chi connectivity index (χ0n) is 11.8. The fraction of sp³-hybridized carbons (Fsp3) is 0.312. The number of rotatable bonds is 7. The molecule has 1 aromatic carbocycles. The molecule has 0 fully saturated rings. The first-order valence-corrected chi connectivity index (χ1v) is 7.03. The number of aliphatic hydroxyl groups excluding tert-OH is 1. The Balaban J connectivity index is 1.57. The van der Waals surface area contributed by atoms with Gasteiger partial charge in [0, 0.05) is 13.1 Å². The summed E-state index contributed by atoms with van der Waals surface area (Å²) < 4.78 is 5.09. The van der Waals surface area contributed by atoms with E-state index in [4.69, 9.17) is 4.42 Å². The number of benzene rings is 1. The van der Waals surface area contributed by atoms with Gasteiger partial charge in [-0.15, -0.1) is 0 Å². The van der Waals surface area contributed by atoms with Crippen LogP contribution in [0.25, 0.3) is 0 Å². The molecule has 0 spiro atoms. The molecule has 0 saturated carbocycles. The van der Waals surface area contributed by atoms with Crippen molar-refractivity contribution >= 4 is 6.03 Å². The smallest absolute Gasteiger partial charge is 0.314 e. The highest BCUT2D eigenvalue weighted by molar-refractivity contribution is 5.73. The van der Waals surface area contributed by atoms with E-state index in [1.807, 2.05) is 30.3 Å². The summed E-state index contributed by atoms with van der Waals surface area (Å²) in [5.41, 5.74) is 1.19. The van der Waals surface area contributed by atoms with E-state index in [1.165, 1.54) is 11.8 Å². The fourth-order valence-electron chi connectivity index (χ4n) is 1.97. The molecule has 1 aromatic heterocycles. The zero-order chi connectivity index (χ0) is 14.9. The Labute approximate surface area is 124 Å². The Morgan fingerprint density at radius 1 is 1.10 bits per heavy atom. The van der Waals surface area contributed by atoms with Crippen molar-refractivity contribution in [1.82, 2.24) is 10.6 Å². The van der Waals surface area contributed by atoms with Gasteiger partial charge in [0.15, 0.2) is 0 Å². The third-order valence-corrected chi connectivity index (χ3v) is 3.12. The molecular weight excluding hydrogens is 268 g/mol. The van der Waals surface area contributed by atoms with E-state index >= 15 is 0 Å². The van der Waals surface area contributed by atoms with Crippen LogP contribution in [-0.4, -0.2) is 24.2 Å². The van der Waals surface area contributed by atoms with Crippen LogP contribution in [0.4, 0.5) is 4.79 Å². The van der Waals surface area contributed by atoms with Crippen molar-refractivity contribution in [3.8, 4) is 0 Å². The van der Waals surface area contributed by atoms with Crippen LogP contribution >= 0.6 is 0 Å². The third-order valence-electron chi connectivity index (χ3n) is 3.12. The molecule has 1 atom stereocenters. The Kier molecular flexibility index (Phi) is 5.84. The Morgan fingerprint density at radius 2 is 1.86 bits per heavy atom. The van der Waals surface area contributed by atoms with Crippen LogP contribution in [0.2, 0.25) is 0 Å². The molecule has 0 bridgehead atoms. The van der Waals surface area contributed by atoms with Crippen LogP contribution in [0, 0.1) is 0 Å². The third kappa shape index (κ3) is 5.31. The van der Waals surface area contributed by atoms with Gasteiger partial charge in [-0.05, 0) is 30.5 Å². The molecule has 112 valence electrons. The predicted octanol–water partition coefficient (Wildman–Crippen LogP) is 2.25. The lowest BCUT2D eigenvalue weighted by atomic mass is 10.1.